The minimum atomic E-state index is -3.81. The summed E-state index contributed by atoms with van der Waals surface area (Å²) in [6, 6.07) is 6.40. The van der Waals surface area contributed by atoms with E-state index in [1.807, 2.05) is 6.92 Å². The number of hydrogen-bond acceptors (Lipinski definition) is 7. The molecule has 4 rings (SSSR count). The zero-order valence-corrected chi connectivity index (χ0v) is 18.2. The van der Waals surface area contributed by atoms with Gasteiger partial charge in [0.2, 0.25) is 5.91 Å². The van der Waals surface area contributed by atoms with Crippen LogP contribution in [-0.2, 0) is 27.7 Å². The van der Waals surface area contributed by atoms with Gasteiger partial charge in [0, 0.05) is 10.3 Å². The first-order valence-corrected chi connectivity index (χ1v) is 12.5. The normalized spacial score (nSPS) is 14.0. The number of aryl methyl sites for hydroxylation is 3. The molecule has 0 unspecified atom stereocenters. The number of amides is 1. The van der Waals surface area contributed by atoms with Crippen LogP contribution in [0.2, 0.25) is 0 Å². The molecule has 7 nitrogen and oxygen atoms in total. The van der Waals surface area contributed by atoms with Crippen molar-refractivity contribution in [2.24, 2.45) is 0 Å². The first kappa shape index (κ1) is 20.3. The smallest absolute Gasteiger partial charge is 0.257 e. The quantitative estimate of drug-likeness (QED) is 0.342. The molecule has 0 bridgehead atoms. The number of fused-ring (bicyclic) bond motifs is 3. The van der Waals surface area contributed by atoms with Gasteiger partial charge in [0.05, 0.1) is 10.6 Å². The molecule has 0 radical (unpaired) electrons. The van der Waals surface area contributed by atoms with Crippen molar-refractivity contribution < 1.29 is 13.2 Å². The molecule has 0 saturated carbocycles. The van der Waals surface area contributed by atoms with Crippen molar-refractivity contribution in [3.63, 3.8) is 0 Å². The summed E-state index contributed by atoms with van der Waals surface area (Å²) in [6.45, 7) is 1.87. The lowest BCUT2D eigenvalue weighted by Crippen LogP contribution is -2.42. The third kappa shape index (κ3) is 4.45. The van der Waals surface area contributed by atoms with E-state index >= 15 is 0 Å². The molecule has 152 valence electrons. The summed E-state index contributed by atoms with van der Waals surface area (Å²) in [5.41, 5.74) is 4.53. The summed E-state index contributed by atoms with van der Waals surface area (Å²) < 4.78 is 24.5. The Kier molecular flexibility index (Phi) is 5.86. The van der Waals surface area contributed by atoms with Gasteiger partial charge in [-0.1, -0.05) is 29.5 Å². The Morgan fingerprint density at radius 3 is 2.72 bits per heavy atom. The van der Waals surface area contributed by atoms with E-state index in [1.54, 1.807) is 23.5 Å². The molecular weight excluding hydrogens is 428 g/mol. The van der Waals surface area contributed by atoms with Crippen molar-refractivity contribution in [3.05, 3.63) is 46.6 Å². The second kappa shape index (κ2) is 8.39. The van der Waals surface area contributed by atoms with Crippen molar-refractivity contribution in [1.82, 2.24) is 20.2 Å². The van der Waals surface area contributed by atoms with Gasteiger partial charge in [-0.3, -0.25) is 10.2 Å². The van der Waals surface area contributed by atoms with Gasteiger partial charge in [-0.2, -0.15) is 0 Å². The SMILES string of the molecule is Cc1ccc(S(=O)(=O)NNC(=O)CSc2ncnc3sc4c(c23)CCCC4)cc1. The van der Waals surface area contributed by atoms with E-state index in [0.717, 1.165) is 40.1 Å². The number of aromatic nitrogens is 2. The van der Waals surface area contributed by atoms with Crippen LogP contribution in [0.15, 0.2) is 40.5 Å². The zero-order chi connectivity index (χ0) is 20.4. The third-order valence-corrected chi connectivity index (χ3v) is 8.17. The van der Waals surface area contributed by atoms with Gasteiger partial charge in [-0.15, -0.1) is 16.2 Å². The highest BCUT2D eigenvalue weighted by molar-refractivity contribution is 8.00. The van der Waals surface area contributed by atoms with E-state index in [4.69, 9.17) is 0 Å². The number of thioether (sulfide) groups is 1. The number of carbonyl (C=O) groups excluding carboxylic acids is 1. The molecule has 0 atom stereocenters. The van der Waals surface area contributed by atoms with Crippen molar-refractivity contribution >= 4 is 49.2 Å². The van der Waals surface area contributed by atoms with Gasteiger partial charge >= 0.3 is 0 Å². The maximum Gasteiger partial charge on any atom is 0.257 e. The van der Waals surface area contributed by atoms with Crippen LogP contribution < -0.4 is 10.3 Å². The zero-order valence-electron chi connectivity index (χ0n) is 15.8. The number of carbonyl (C=O) groups is 1. The Morgan fingerprint density at radius 2 is 1.93 bits per heavy atom. The van der Waals surface area contributed by atoms with Gasteiger partial charge in [0.15, 0.2) is 0 Å². The van der Waals surface area contributed by atoms with Crippen molar-refractivity contribution in [3.8, 4) is 0 Å². The molecule has 1 aliphatic carbocycles. The van der Waals surface area contributed by atoms with E-state index in [9.17, 15) is 13.2 Å². The van der Waals surface area contributed by atoms with E-state index < -0.39 is 15.9 Å². The van der Waals surface area contributed by atoms with E-state index in [-0.39, 0.29) is 10.6 Å². The number of hydrazine groups is 1. The largest absolute Gasteiger partial charge is 0.277 e. The highest BCUT2D eigenvalue weighted by Gasteiger charge is 2.21. The second-order valence-electron chi connectivity index (χ2n) is 6.83. The molecule has 1 aliphatic rings. The molecule has 0 saturated heterocycles. The number of sulfonamides is 1. The second-order valence-corrected chi connectivity index (χ2v) is 10.6. The fourth-order valence-corrected chi connectivity index (χ4v) is 6.22. The number of rotatable bonds is 6. The summed E-state index contributed by atoms with van der Waals surface area (Å²) in [5, 5.41) is 1.82. The lowest BCUT2D eigenvalue weighted by atomic mass is 9.97. The highest BCUT2D eigenvalue weighted by Crippen LogP contribution is 2.39. The highest BCUT2D eigenvalue weighted by atomic mass is 32.2. The summed E-state index contributed by atoms with van der Waals surface area (Å²) in [5.74, 6) is -0.394. The van der Waals surface area contributed by atoms with Crippen molar-refractivity contribution in [2.75, 3.05) is 5.75 Å². The molecule has 10 heteroatoms. The number of benzene rings is 1. The molecule has 2 N–H and O–H groups in total. The van der Waals surface area contributed by atoms with Crippen LogP contribution in [0, 0.1) is 6.92 Å². The number of nitrogens with one attached hydrogen (secondary N) is 2. The third-order valence-electron chi connectivity index (χ3n) is 4.71. The molecule has 0 fully saturated rings. The average Bonchev–Trinajstić information content (AvgIpc) is 3.10. The molecular formula is C19H20N4O3S3. The lowest BCUT2D eigenvalue weighted by molar-refractivity contribution is -0.119. The molecule has 2 aromatic heterocycles. The number of hydrogen-bond donors (Lipinski definition) is 2. The van der Waals surface area contributed by atoms with E-state index in [1.165, 1.54) is 47.1 Å². The Labute approximate surface area is 177 Å². The van der Waals surface area contributed by atoms with Gasteiger partial charge in [-0.25, -0.2) is 18.4 Å². The van der Waals surface area contributed by atoms with Crippen LogP contribution in [-0.4, -0.2) is 30.0 Å². The summed E-state index contributed by atoms with van der Waals surface area (Å²) in [4.78, 5) is 25.5. The van der Waals surface area contributed by atoms with Gasteiger partial charge < -0.3 is 0 Å². The van der Waals surface area contributed by atoms with E-state index in [0.29, 0.717) is 0 Å². The summed E-state index contributed by atoms with van der Waals surface area (Å²) >= 11 is 3.00. The van der Waals surface area contributed by atoms with Crippen LogP contribution in [0.5, 0.6) is 0 Å². The maximum absolute atomic E-state index is 12.3. The van der Waals surface area contributed by atoms with Gasteiger partial charge in [0.1, 0.15) is 16.2 Å². The maximum atomic E-state index is 12.3. The fraction of sp³-hybridized carbons (Fsp3) is 0.316. The van der Waals surface area contributed by atoms with Crippen LogP contribution in [0.3, 0.4) is 0 Å². The predicted molar refractivity (Wildman–Crippen MR) is 114 cm³/mol. The van der Waals surface area contributed by atoms with Gasteiger partial charge in [-0.05, 0) is 50.3 Å². The van der Waals surface area contributed by atoms with Crippen molar-refractivity contribution in [1.29, 1.82) is 0 Å². The first-order valence-electron chi connectivity index (χ1n) is 9.19. The monoisotopic (exact) mass is 448 g/mol. The Bertz CT molecular complexity index is 1160. The number of nitrogens with zero attached hydrogens (tertiary/aromatic N) is 2. The minimum absolute atomic E-state index is 0.0488. The summed E-state index contributed by atoms with van der Waals surface area (Å²) in [7, 11) is -3.81. The predicted octanol–water partition coefficient (Wildman–Crippen LogP) is 2.98. The van der Waals surface area contributed by atoms with Gasteiger partial charge in [0.25, 0.3) is 10.0 Å². The molecule has 29 heavy (non-hydrogen) atoms. The summed E-state index contributed by atoms with van der Waals surface area (Å²) in [6.07, 6.45) is 5.95. The lowest BCUT2D eigenvalue weighted by Gasteiger charge is -2.11. The van der Waals surface area contributed by atoms with Crippen LogP contribution in [0.4, 0.5) is 0 Å². The average molecular weight is 449 g/mol. The Balaban J connectivity index is 1.41. The standard InChI is InChI=1S/C19H20N4O3S3/c1-12-6-8-13(9-7-12)29(25,26)23-22-16(24)10-27-18-17-14-4-2-3-5-15(14)28-19(17)21-11-20-18/h6-9,11,23H,2-5,10H2,1H3,(H,22,24). The minimum Gasteiger partial charge on any atom is -0.277 e. The Morgan fingerprint density at radius 1 is 1.17 bits per heavy atom. The molecule has 3 aromatic rings. The topological polar surface area (TPSA) is 101 Å². The van der Waals surface area contributed by atoms with Crippen LogP contribution >= 0.6 is 23.1 Å². The molecule has 0 spiro atoms. The van der Waals surface area contributed by atoms with Crippen molar-refractivity contribution in [2.45, 2.75) is 42.5 Å². The first-order chi connectivity index (χ1) is 13.9. The molecule has 1 amide bonds. The Hall–Kier alpha value is -2.01. The fourth-order valence-electron chi connectivity index (χ4n) is 3.24. The van der Waals surface area contributed by atoms with E-state index in [2.05, 4.69) is 20.2 Å². The van der Waals surface area contributed by atoms with Crippen LogP contribution in [0.25, 0.3) is 10.2 Å². The molecule has 1 aromatic carbocycles. The number of thiophene rings is 1. The molecule has 0 aliphatic heterocycles. The molecule has 2 heterocycles. The van der Waals surface area contributed by atoms with Crippen LogP contribution in [0.1, 0.15) is 28.8 Å².